The molecule has 0 aromatic heterocycles. The van der Waals surface area contributed by atoms with Gasteiger partial charge in [-0.25, -0.2) is 4.57 Å². The molecular formula is C26H37O3P. The molecule has 3 nitrogen and oxygen atoms in total. The largest absolute Gasteiger partial charge is 0.435 e. The normalized spacial score (nSPS) is 19.4. The van der Waals surface area contributed by atoms with Crippen molar-refractivity contribution >= 4 is 7.60 Å². The molecule has 0 saturated heterocycles. The lowest BCUT2D eigenvalue weighted by molar-refractivity contribution is 0.380. The first kappa shape index (κ1) is 22.9. The van der Waals surface area contributed by atoms with Crippen LogP contribution in [0.15, 0.2) is 30.3 Å². The summed E-state index contributed by atoms with van der Waals surface area (Å²) < 4.78 is 26.5. The molecule has 0 N–H and O–H groups in total. The molecule has 1 atom stereocenters. The Bertz CT molecular complexity index is 979. The Balaban J connectivity index is 2.12. The molecule has 3 rings (SSSR count). The second-order valence-electron chi connectivity index (χ2n) is 11.7. The SMILES string of the molecule is Cc1cc(C(C)(C)C)c(OP2(=O)Cc3cccc(C(C)(C)C)c3O2)c(C(C)(C)C)c1. The van der Waals surface area contributed by atoms with Crippen LogP contribution in [-0.2, 0) is 27.0 Å². The molecule has 2 aromatic carbocycles. The van der Waals surface area contributed by atoms with Gasteiger partial charge in [0, 0.05) is 22.3 Å². The highest BCUT2D eigenvalue weighted by molar-refractivity contribution is 7.54. The molecule has 0 fully saturated rings. The molecule has 30 heavy (non-hydrogen) atoms. The van der Waals surface area contributed by atoms with E-state index in [9.17, 15) is 4.57 Å². The number of hydrogen-bond donors (Lipinski definition) is 0. The van der Waals surface area contributed by atoms with Gasteiger partial charge >= 0.3 is 7.60 Å². The summed E-state index contributed by atoms with van der Waals surface area (Å²) in [6.45, 7) is 21.5. The van der Waals surface area contributed by atoms with Crippen LogP contribution < -0.4 is 9.05 Å². The highest BCUT2D eigenvalue weighted by Gasteiger charge is 2.42. The molecular weight excluding hydrogens is 391 g/mol. The minimum atomic E-state index is -3.38. The van der Waals surface area contributed by atoms with Crippen LogP contribution in [0.5, 0.6) is 11.5 Å². The first-order valence-electron chi connectivity index (χ1n) is 10.8. The number of aryl methyl sites for hydroxylation is 1. The minimum Gasteiger partial charge on any atom is -0.415 e. The second-order valence-corrected chi connectivity index (χ2v) is 13.6. The van der Waals surface area contributed by atoms with E-state index in [0.29, 0.717) is 11.9 Å². The minimum absolute atomic E-state index is 0.0997. The zero-order valence-corrected chi connectivity index (χ0v) is 21.2. The Morgan fingerprint density at radius 2 is 1.33 bits per heavy atom. The van der Waals surface area contributed by atoms with Crippen LogP contribution in [0, 0.1) is 6.92 Å². The Morgan fingerprint density at radius 1 is 0.833 bits per heavy atom. The summed E-state index contributed by atoms with van der Waals surface area (Å²) in [6.07, 6.45) is 0.299. The molecule has 1 heterocycles. The first-order chi connectivity index (χ1) is 13.5. The van der Waals surface area contributed by atoms with Crippen molar-refractivity contribution in [3.05, 3.63) is 58.1 Å². The van der Waals surface area contributed by atoms with E-state index in [1.807, 2.05) is 12.1 Å². The smallest absolute Gasteiger partial charge is 0.415 e. The van der Waals surface area contributed by atoms with Gasteiger partial charge in [0.05, 0.1) is 0 Å². The van der Waals surface area contributed by atoms with Crippen LogP contribution in [0.1, 0.15) is 90.1 Å². The summed E-state index contributed by atoms with van der Waals surface area (Å²) in [6, 6.07) is 10.4. The highest BCUT2D eigenvalue weighted by Crippen LogP contribution is 2.61. The molecule has 0 spiro atoms. The average molecular weight is 429 g/mol. The van der Waals surface area contributed by atoms with E-state index < -0.39 is 7.60 Å². The number of para-hydroxylation sites is 1. The standard InChI is InChI=1S/C26H37O3P/c1-17-14-20(25(5,6)7)23(21(15-17)26(8,9)10)29-30(27)16-18-12-11-13-19(22(18)28-30)24(2,3)4/h11-15H,16H2,1-10H3. The molecule has 4 heteroatoms. The molecule has 0 aliphatic carbocycles. The Labute approximate surface area is 182 Å². The molecule has 0 amide bonds. The summed E-state index contributed by atoms with van der Waals surface area (Å²) in [4.78, 5) is 0. The number of benzene rings is 2. The van der Waals surface area contributed by atoms with Gasteiger partial charge in [0.1, 0.15) is 17.7 Å². The Morgan fingerprint density at radius 3 is 1.80 bits per heavy atom. The lowest BCUT2D eigenvalue weighted by Crippen LogP contribution is -2.20. The summed E-state index contributed by atoms with van der Waals surface area (Å²) >= 11 is 0. The van der Waals surface area contributed by atoms with E-state index in [-0.39, 0.29) is 16.2 Å². The van der Waals surface area contributed by atoms with Gasteiger partial charge in [-0.15, -0.1) is 0 Å². The fraction of sp³-hybridized carbons (Fsp3) is 0.538. The molecule has 0 saturated carbocycles. The molecule has 1 aliphatic heterocycles. The summed E-state index contributed by atoms with van der Waals surface area (Å²) in [5.41, 5.74) is 4.95. The maximum atomic E-state index is 13.9. The quantitative estimate of drug-likeness (QED) is 0.454. The van der Waals surface area contributed by atoms with Gasteiger partial charge in [-0.3, -0.25) is 0 Å². The van der Waals surface area contributed by atoms with Crippen molar-refractivity contribution in [3.63, 3.8) is 0 Å². The fourth-order valence-electron chi connectivity index (χ4n) is 3.96. The van der Waals surface area contributed by atoms with Crippen LogP contribution in [0.3, 0.4) is 0 Å². The van der Waals surface area contributed by atoms with Crippen LogP contribution >= 0.6 is 7.60 Å². The predicted octanol–water partition coefficient (Wildman–Crippen LogP) is 8.05. The molecule has 2 aromatic rings. The molecule has 0 radical (unpaired) electrons. The maximum Gasteiger partial charge on any atom is 0.435 e. The third-order valence-corrected chi connectivity index (χ3v) is 7.23. The van der Waals surface area contributed by atoms with Gasteiger partial charge in [0.15, 0.2) is 0 Å². The van der Waals surface area contributed by atoms with Crippen molar-refractivity contribution in [3.8, 4) is 11.5 Å². The highest BCUT2D eigenvalue weighted by atomic mass is 31.2. The molecule has 1 unspecified atom stereocenters. The number of rotatable bonds is 2. The van der Waals surface area contributed by atoms with Crippen LogP contribution in [-0.4, -0.2) is 0 Å². The molecule has 0 bridgehead atoms. The van der Waals surface area contributed by atoms with Gasteiger partial charge in [-0.05, 0) is 23.2 Å². The van der Waals surface area contributed by atoms with E-state index in [1.54, 1.807) is 0 Å². The zero-order valence-electron chi connectivity index (χ0n) is 20.3. The summed E-state index contributed by atoms with van der Waals surface area (Å²) in [7, 11) is -3.38. The van der Waals surface area contributed by atoms with Crippen molar-refractivity contribution in [2.24, 2.45) is 0 Å². The van der Waals surface area contributed by atoms with E-state index in [4.69, 9.17) is 9.05 Å². The van der Waals surface area contributed by atoms with Crippen LogP contribution in [0.2, 0.25) is 0 Å². The summed E-state index contributed by atoms with van der Waals surface area (Å²) in [5, 5.41) is 0. The van der Waals surface area contributed by atoms with E-state index in [2.05, 4.69) is 87.4 Å². The fourth-order valence-corrected chi connectivity index (χ4v) is 5.76. The number of fused-ring (bicyclic) bond motifs is 1. The second kappa shape index (κ2) is 7.16. The van der Waals surface area contributed by atoms with E-state index in [0.717, 1.165) is 28.0 Å². The predicted molar refractivity (Wildman–Crippen MR) is 126 cm³/mol. The lowest BCUT2D eigenvalue weighted by atomic mass is 9.78. The molecule has 1 aliphatic rings. The first-order valence-corrected chi connectivity index (χ1v) is 12.5. The molecule has 164 valence electrons. The lowest BCUT2D eigenvalue weighted by Gasteiger charge is -2.31. The van der Waals surface area contributed by atoms with Crippen molar-refractivity contribution in [2.75, 3.05) is 0 Å². The van der Waals surface area contributed by atoms with E-state index in [1.165, 1.54) is 5.56 Å². The van der Waals surface area contributed by atoms with Gasteiger partial charge in [-0.1, -0.05) is 98.2 Å². The maximum absolute atomic E-state index is 13.9. The van der Waals surface area contributed by atoms with Crippen molar-refractivity contribution in [1.29, 1.82) is 0 Å². The van der Waals surface area contributed by atoms with Gasteiger partial charge in [0.25, 0.3) is 0 Å². The average Bonchev–Trinajstić information content (AvgIpc) is 2.88. The van der Waals surface area contributed by atoms with Crippen molar-refractivity contribution in [1.82, 2.24) is 0 Å². The third-order valence-electron chi connectivity index (χ3n) is 5.58. The van der Waals surface area contributed by atoms with Crippen molar-refractivity contribution in [2.45, 2.75) is 91.6 Å². The van der Waals surface area contributed by atoms with Gasteiger partial charge < -0.3 is 9.05 Å². The summed E-state index contributed by atoms with van der Waals surface area (Å²) in [5.74, 6) is 1.45. The zero-order chi connectivity index (χ0) is 22.7. The van der Waals surface area contributed by atoms with Crippen LogP contribution in [0.25, 0.3) is 0 Å². The van der Waals surface area contributed by atoms with Gasteiger partial charge in [0.2, 0.25) is 0 Å². The number of hydrogen-bond acceptors (Lipinski definition) is 3. The van der Waals surface area contributed by atoms with E-state index >= 15 is 0 Å². The third kappa shape index (κ3) is 4.47. The van der Waals surface area contributed by atoms with Crippen molar-refractivity contribution < 1.29 is 13.6 Å². The Hall–Kier alpha value is -1.73. The van der Waals surface area contributed by atoms with Gasteiger partial charge in [-0.2, -0.15) is 0 Å². The topological polar surface area (TPSA) is 35.5 Å². The Kier molecular flexibility index (Phi) is 5.48. The monoisotopic (exact) mass is 428 g/mol. The van der Waals surface area contributed by atoms with Crippen LogP contribution in [0.4, 0.5) is 0 Å².